The summed E-state index contributed by atoms with van der Waals surface area (Å²) in [5.41, 5.74) is 0.204. The lowest BCUT2D eigenvalue weighted by molar-refractivity contribution is -0.149. The summed E-state index contributed by atoms with van der Waals surface area (Å²) in [6, 6.07) is 7.50. The smallest absolute Gasteiger partial charge is 0.408 e. The lowest BCUT2D eigenvalue weighted by atomic mass is 10.2. The van der Waals surface area contributed by atoms with E-state index in [1.807, 2.05) is 30.3 Å². The number of carboxylic acids is 1. The molecule has 2 atom stereocenters. The fraction of sp³-hybridized carbons (Fsp3) is 0.550. The number of hydrogen-bond acceptors (Lipinski definition) is 5. The van der Waals surface area contributed by atoms with Crippen LogP contribution < -0.4 is 5.32 Å². The maximum atomic E-state index is 12.9. The maximum absolute atomic E-state index is 12.9. The molecule has 1 heterocycles. The number of carboxylic acid groups (broad SMARTS) is 1. The molecular formula is C20H28N2O6. The summed E-state index contributed by atoms with van der Waals surface area (Å²) in [6.45, 7) is 5.67. The van der Waals surface area contributed by atoms with Crippen LogP contribution in [0.1, 0.15) is 39.2 Å². The summed E-state index contributed by atoms with van der Waals surface area (Å²) >= 11 is 0. The number of alkyl carbamates (subject to hydrolysis) is 1. The van der Waals surface area contributed by atoms with Gasteiger partial charge in [0.2, 0.25) is 5.91 Å². The van der Waals surface area contributed by atoms with Crippen LogP contribution in [0, 0.1) is 0 Å². The minimum Gasteiger partial charge on any atom is -0.480 e. The quantitative estimate of drug-likeness (QED) is 0.737. The third-order valence-corrected chi connectivity index (χ3v) is 4.21. The molecule has 28 heavy (non-hydrogen) atoms. The summed E-state index contributed by atoms with van der Waals surface area (Å²) in [7, 11) is 0. The Kier molecular flexibility index (Phi) is 7.39. The van der Waals surface area contributed by atoms with Crippen molar-refractivity contribution < 1.29 is 29.0 Å². The highest BCUT2D eigenvalue weighted by Crippen LogP contribution is 2.19. The Hall–Kier alpha value is -2.61. The number of amides is 2. The summed E-state index contributed by atoms with van der Waals surface area (Å²) in [5, 5.41) is 11.9. The summed E-state index contributed by atoms with van der Waals surface area (Å²) < 4.78 is 10.9. The van der Waals surface area contributed by atoms with Gasteiger partial charge < -0.3 is 24.8 Å². The third kappa shape index (κ3) is 6.53. The predicted molar refractivity (Wildman–Crippen MR) is 102 cm³/mol. The van der Waals surface area contributed by atoms with Gasteiger partial charge in [0.1, 0.15) is 17.7 Å². The summed E-state index contributed by atoms with van der Waals surface area (Å²) in [5.74, 6) is -1.53. The molecule has 0 unspecified atom stereocenters. The van der Waals surface area contributed by atoms with Crippen molar-refractivity contribution in [3.05, 3.63) is 35.9 Å². The van der Waals surface area contributed by atoms with Crippen molar-refractivity contribution in [3.63, 3.8) is 0 Å². The number of carbonyl (C=O) groups excluding carboxylic acids is 2. The minimum absolute atomic E-state index is 0.0875. The number of nitrogens with one attached hydrogen (secondary N) is 1. The van der Waals surface area contributed by atoms with Gasteiger partial charge in [-0.05, 0) is 39.2 Å². The standard InChI is InChI=1S/C20H28N2O6/c1-20(2,3)28-19(26)21-15(13-27-12-14-8-5-4-6-9-14)17(23)22-11-7-10-16(22)18(24)25/h4-6,8-9,15-16H,7,10-13H2,1-3H3,(H,21,26)(H,24,25)/t15-,16-/m0/s1. The molecule has 2 amide bonds. The van der Waals surface area contributed by atoms with Gasteiger partial charge >= 0.3 is 12.1 Å². The van der Waals surface area contributed by atoms with Crippen molar-refractivity contribution >= 4 is 18.0 Å². The molecule has 154 valence electrons. The van der Waals surface area contributed by atoms with E-state index in [0.717, 1.165) is 5.56 Å². The molecule has 1 aromatic rings. The van der Waals surface area contributed by atoms with E-state index in [-0.39, 0.29) is 13.2 Å². The average Bonchev–Trinajstić information content (AvgIpc) is 3.09. The molecule has 8 nitrogen and oxygen atoms in total. The second-order valence-corrected chi connectivity index (χ2v) is 7.73. The Morgan fingerprint density at radius 1 is 1.25 bits per heavy atom. The average molecular weight is 392 g/mol. The van der Waals surface area contributed by atoms with E-state index >= 15 is 0 Å². The van der Waals surface area contributed by atoms with Crippen LogP contribution in [0.5, 0.6) is 0 Å². The summed E-state index contributed by atoms with van der Waals surface area (Å²) in [6.07, 6.45) is 0.248. The zero-order chi connectivity index (χ0) is 20.7. The zero-order valence-electron chi connectivity index (χ0n) is 16.5. The first-order valence-corrected chi connectivity index (χ1v) is 9.32. The van der Waals surface area contributed by atoms with Crippen molar-refractivity contribution in [2.75, 3.05) is 13.2 Å². The highest BCUT2D eigenvalue weighted by Gasteiger charge is 2.38. The van der Waals surface area contributed by atoms with Crippen molar-refractivity contribution in [1.82, 2.24) is 10.2 Å². The van der Waals surface area contributed by atoms with E-state index in [0.29, 0.717) is 19.4 Å². The van der Waals surface area contributed by atoms with Gasteiger partial charge in [0.05, 0.1) is 13.2 Å². The van der Waals surface area contributed by atoms with Gasteiger partial charge in [0.15, 0.2) is 0 Å². The molecular weight excluding hydrogens is 364 g/mol. The number of carbonyl (C=O) groups is 3. The monoisotopic (exact) mass is 392 g/mol. The van der Waals surface area contributed by atoms with Gasteiger partial charge in [-0.1, -0.05) is 30.3 Å². The molecule has 0 radical (unpaired) electrons. The Morgan fingerprint density at radius 2 is 1.93 bits per heavy atom. The van der Waals surface area contributed by atoms with Crippen LogP contribution in [0.15, 0.2) is 30.3 Å². The number of benzene rings is 1. The molecule has 0 saturated carbocycles. The molecule has 1 aromatic carbocycles. The van der Waals surface area contributed by atoms with E-state index in [1.54, 1.807) is 20.8 Å². The minimum atomic E-state index is -1.05. The highest BCUT2D eigenvalue weighted by molar-refractivity contribution is 5.89. The lowest BCUT2D eigenvalue weighted by Gasteiger charge is -2.28. The molecule has 1 aliphatic rings. The van der Waals surface area contributed by atoms with E-state index in [2.05, 4.69) is 5.32 Å². The Balaban J connectivity index is 2.05. The molecule has 0 aromatic heterocycles. The normalized spacial score (nSPS) is 17.8. The van der Waals surface area contributed by atoms with Gasteiger partial charge in [-0.3, -0.25) is 4.79 Å². The van der Waals surface area contributed by atoms with Crippen molar-refractivity contribution in [3.8, 4) is 0 Å². The van der Waals surface area contributed by atoms with E-state index < -0.39 is 35.7 Å². The number of aliphatic carboxylic acids is 1. The number of likely N-dealkylation sites (tertiary alicyclic amines) is 1. The number of ether oxygens (including phenoxy) is 2. The molecule has 1 aliphatic heterocycles. The molecule has 1 saturated heterocycles. The number of rotatable bonds is 7. The fourth-order valence-electron chi connectivity index (χ4n) is 2.98. The lowest BCUT2D eigenvalue weighted by Crippen LogP contribution is -2.54. The van der Waals surface area contributed by atoms with Crippen LogP contribution in [0.4, 0.5) is 4.79 Å². The number of hydrogen-bond donors (Lipinski definition) is 2. The molecule has 8 heteroatoms. The summed E-state index contributed by atoms with van der Waals surface area (Å²) in [4.78, 5) is 37.8. The molecule has 2 rings (SSSR count). The first-order valence-electron chi connectivity index (χ1n) is 9.32. The van der Waals surface area contributed by atoms with Crippen LogP contribution in [0.2, 0.25) is 0 Å². The van der Waals surface area contributed by atoms with Crippen LogP contribution >= 0.6 is 0 Å². The Labute approximate surface area is 164 Å². The van der Waals surface area contributed by atoms with Gasteiger partial charge in [-0.2, -0.15) is 0 Å². The Bertz CT molecular complexity index is 686. The van der Waals surface area contributed by atoms with E-state index in [9.17, 15) is 19.5 Å². The van der Waals surface area contributed by atoms with Crippen LogP contribution in [0.3, 0.4) is 0 Å². The van der Waals surface area contributed by atoms with Crippen molar-refractivity contribution in [2.45, 2.75) is 57.9 Å². The second kappa shape index (κ2) is 9.54. The Morgan fingerprint density at radius 3 is 2.54 bits per heavy atom. The van der Waals surface area contributed by atoms with Gasteiger partial charge in [-0.25, -0.2) is 9.59 Å². The first kappa shape index (κ1) is 21.7. The SMILES string of the molecule is CC(C)(C)OC(=O)N[C@@H](COCc1ccccc1)C(=O)N1CCC[C@H]1C(=O)O. The molecule has 0 spiro atoms. The van der Waals surface area contributed by atoms with Crippen LogP contribution in [-0.2, 0) is 25.7 Å². The van der Waals surface area contributed by atoms with Crippen molar-refractivity contribution in [2.24, 2.45) is 0 Å². The van der Waals surface area contributed by atoms with Crippen LogP contribution in [0.25, 0.3) is 0 Å². The van der Waals surface area contributed by atoms with Gasteiger partial charge in [-0.15, -0.1) is 0 Å². The van der Waals surface area contributed by atoms with Crippen LogP contribution in [-0.4, -0.2) is 58.8 Å². The largest absolute Gasteiger partial charge is 0.480 e. The predicted octanol–water partition coefficient (Wildman–Crippen LogP) is 2.17. The molecule has 0 bridgehead atoms. The molecule has 2 N–H and O–H groups in total. The topological polar surface area (TPSA) is 105 Å². The number of nitrogens with zero attached hydrogens (tertiary/aromatic N) is 1. The third-order valence-electron chi connectivity index (χ3n) is 4.21. The van der Waals surface area contributed by atoms with E-state index in [4.69, 9.17) is 9.47 Å². The fourth-order valence-corrected chi connectivity index (χ4v) is 2.98. The molecule has 1 fully saturated rings. The van der Waals surface area contributed by atoms with Gasteiger partial charge in [0, 0.05) is 6.54 Å². The van der Waals surface area contributed by atoms with Crippen molar-refractivity contribution in [1.29, 1.82) is 0 Å². The first-order chi connectivity index (χ1) is 13.2. The highest BCUT2D eigenvalue weighted by atomic mass is 16.6. The zero-order valence-corrected chi connectivity index (χ0v) is 16.5. The maximum Gasteiger partial charge on any atom is 0.408 e. The van der Waals surface area contributed by atoms with Gasteiger partial charge in [0.25, 0.3) is 0 Å². The second-order valence-electron chi connectivity index (χ2n) is 7.73. The molecule has 0 aliphatic carbocycles. The van der Waals surface area contributed by atoms with E-state index in [1.165, 1.54) is 4.90 Å².